The van der Waals surface area contributed by atoms with Gasteiger partial charge >= 0.3 is 5.97 Å². The molecule has 0 heterocycles. The molecular formula is C31H37N3O4S. The molecule has 0 radical (unpaired) electrons. The second-order valence-electron chi connectivity index (χ2n) is 9.95. The molecule has 0 spiro atoms. The third kappa shape index (κ3) is 9.80. The third-order valence-electron chi connectivity index (χ3n) is 6.73. The van der Waals surface area contributed by atoms with Gasteiger partial charge in [-0.15, -0.1) is 0 Å². The van der Waals surface area contributed by atoms with E-state index in [9.17, 15) is 13.2 Å². The van der Waals surface area contributed by atoms with Crippen LogP contribution in [0, 0.1) is 5.41 Å². The van der Waals surface area contributed by atoms with Crippen LogP contribution in [0.5, 0.6) is 0 Å². The van der Waals surface area contributed by atoms with Crippen LogP contribution >= 0.6 is 0 Å². The fourth-order valence-electron chi connectivity index (χ4n) is 4.61. The van der Waals surface area contributed by atoms with Crippen molar-refractivity contribution in [1.29, 1.82) is 5.41 Å². The van der Waals surface area contributed by atoms with E-state index < -0.39 is 15.8 Å². The van der Waals surface area contributed by atoms with Gasteiger partial charge in [0.25, 0.3) is 0 Å². The number of sulfone groups is 1. The van der Waals surface area contributed by atoms with Gasteiger partial charge in [0, 0.05) is 17.7 Å². The predicted octanol–water partition coefficient (Wildman–Crippen LogP) is 7.01. The van der Waals surface area contributed by atoms with Crippen LogP contribution in [-0.4, -0.2) is 37.4 Å². The van der Waals surface area contributed by atoms with Gasteiger partial charge in [-0.2, -0.15) is 0 Å². The summed E-state index contributed by atoms with van der Waals surface area (Å²) in [6, 6.07) is 14.9. The second-order valence-corrected chi connectivity index (χ2v) is 12.0. The summed E-state index contributed by atoms with van der Waals surface area (Å²) in [4.78, 5) is 15.6. The molecule has 3 N–H and O–H groups in total. The molecule has 1 atom stereocenters. The van der Waals surface area contributed by atoms with Crippen LogP contribution in [0.2, 0.25) is 0 Å². The molecular weight excluding hydrogens is 510 g/mol. The minimum atomic E-state index is -3.21. The summed E-state index contributed by atoms with van der Waals surface area (Å²) in [6.07, 6.45) is 13.8. The zero-order chi connectivity index (χ0) is 28.4. The minimum absolute atomic E-state index is 0.0454. The lowest BCUT2D eigenvalue weighted by Gasteiger charge is -2.20. The number of carbonyl (C=O) groups is 1. The first-order valence-corrected chi connectivity index (χ1v) is 15.0. The van der Waals surface area contributed by atoms with E-state index in [0.717, 1.165) is 54.5 Å². The summed E-state index contributed by atoms with van der Waals surface area (Å²) >= 11 is 0. The van der Waals surface area contributed by atoms with Crippen LogP contribution in [-0.2, 0) is 14.6 Å². The Morgan fingerprint density at radius 2 is 1.79 bits per heavy atom. The van der Waals surface area contributed by atoms with Gasteiger partial charge in [0.1, 0.15) is 0 Å². The number of hydrogen-bond acceptors (Lipinski definition) is 4. The number of hydrogen-bond donors (Lipinski definition) is 3. The van der Waals surface area contributed by atoms with Gasteiger partial charge in [-0.1, -0.05) is 48.1 Å². The second kappa shape index (κ2) is 13.8. The van der Waals surface area contributed by atoms with Gasteiger partial charge in [0.2, 0.25) is 5.96 Å². The van der Waals surface area contributed by atoms with Crippen molar-refractivity contribution in [3.05, 3.63) is 89.5 Å². The standard InChI is InChI=1S/C31H37N3O4S/c1-22(25-15-19-29(20-16-25)39(3,37)38)7-4-8-23(2)33-31(32)34-28-17-13-27(14-18-28)26-11-5-9-24(10-6-12-26)21-30(35)36/h4,7-9,13-20,26H,5-6,10-12,21H2,1-3H3,(H2,32,34)(H,35,36)/b8-4-,22-7+,24-9+,33-23+. The molecule has 0 aromatic heterocycles. The number of carboxylic acid groups (broad SMARTS) is 1. The molecule has 0 saturated heterocycles. The van der Waals surface area contributed by atoms with Crippen LogP contribution in [0.4, 0.5) is 5.69 Å². The van der Waals surface area contributed by atoms with Crippen molar-refractivity contribution in [1.82, 2.24) is 0 Å². The zero-order valence-corrected chi connectivity index (χ0v) is 23.6. The van der Waals surface area contributed by atoms with E-state index in [4.69, 9.17) is 10.5 Å². The number of nitrogens with one attached hydrogen (secondary N) is 2. The van der Waals surface area contributed by atoms with Gasteiger partial charge in [0.15, 0.2) is 9.84 Å². The molecule has 206 valence electrons. The highest BCUT2D eigenvalue weighted by Gasteiger charge is 2.15. The molecule has 1 aliphatic carbocycles. The topological polar surface area (TPSA) is 120 Å². The van der Waals surface area contributed by atoms with E-state index in [-0.39, 0.29) is 12.4 Å². The van der Waals surface area contributed by atoms with Crippen molar-refractivity contribution >= 4 is 38.7 Å². The largest absolute Gasteiger partial charge is 0.481 e. The van der Waals surface area contributed by atoms with E-state index in [1.54, 1.807) is 24.3 Å². The summed E-state index contributed by atoms with van der Waals surface area (Å²) < 4.78 is 23.2. The Bertz CT molecular complexity index is 1400. The average molecular weight is 548 g/mol. The first kappa shape index (κ1) is 29.8. The first-order chi connectivity index (χ1) is 18.5. The van der Waals surface area contributed by atoms with Crippen LogP contribution in [0.3, 0.4) is 0 Å². The Kier molecular flexibility index (Phi) is 10.6. The fourth-order valence-corrected chi connectivity index (χ4v) is 5.24. The third-order valence-corrected chi connectivity index (χ3v) is 7.86. The lowest BCUT2D eigenvalue weighted by Crippen LogP contribution is -2.09. The Hall–Kier alpha value is -3.78. The summed E-state index contributed by atoms with van der Waals surface area (Å²) in [5.41, 5.74) is 5.68. The lowest BCUT2D eigenvalue weighted by molar-refractivity contribution is -0.136. The number of benzene rings is 2. The molecule has 0 aliphatic heterocycles. The van der Waals surface area contributed by atoms with Gasteiger partial charge in [-0.05, 0) is 98.9 Å². The Labute approximate surface area is 231 Å². The SMILES string of the molecule is C\C(=C/C=C\C(C)=N\C(=N)Nc1ccc(C2CC/C=C(/CC(=O)O)CCC2)cc1)c1ccc(S(C)(=O)=O)cc1. The van der Waals surface area contributed by atoms with Crippen molar-refractivity contribution in [2.45, 2.75) is 63.2 Å². The van der Waals surface area contributed by atoms with Crippen molar-refractivity contribution in [2.75, 3.05) is 11.6 Å². The average Bonchev–Trinajstić information content (AvgIpc) is 2.85. The summed E-state index contributed by atoms with van der Waals surface area (Å²) in [6.45, 7) is 3.77. The van der Waals surface area contributed by atoms with E-state index >= 15 is 0 Å². The smallest absolute Gasteiger partial charge is 0.307 e. The van der Waals surface area contributed by atoms with Gasteiger partial charge in [-0.3, -0.25) is 10.2 Å². The summed E-state index contributed by atoms with van der Waals surface area (Å²) in [7, 11) is -3.21. The molecule has 2 aromatic carbocycles. The van der Waals surface area contributed by atoms with Crippen LogP contribution < -0.4 is 5.32 Å². The number of allylic oxidation sites excluding steroid dienone is 5. The Morgan fingerprint density at radius 1 is 1.10 bits per heavy atom. The predicted molar refractivity (Wildman–Crippen MR) is 159 cm³/mol. The number of rotatable bonds is 8. The Morgan fingerprint density at radius 3 is 2.44 bits per heavy atom. The number of nitrogens with zero attached hydrogens (tertiary/aromatic N) is 1. The molecule has 3 rings (SSSR count). The van der Waals surface area contributed by atoms with Gasteiger partial charge in [-0.25, -0.2) is 13.4 Å². The van der Waals surface area contributed by atoms with Gasteiger partial charge < -0.3 is 10.4 Å². The van der Waals surface area contributed by atoms with Crippen molar-refractivity contribution in [3.63, 3.8) is 0 Å². The number of aliphatic carboxylic acids is 1. The highest BCUT2D eigenvalue weighted by Crippen LogP contribution is 2.32. The zero-order valence-electron chi connectivity index (χ0n) is 22.8. The highest BCUT2D eigenvalue weighted by molar-refractivity contribution is 7.90. The fraction of sp³-hybridized carbons (Fsp3) is 0.323. The van der Waals surface area contributed by atoms with Crippen LogP contribution in [0.25, 0.3) is 5.57 Å². The number of anilines is 1. The molecule has 7 nitrogen and oxygen atoms in total. The Balaban J connectivity index is 1.53. The van der Waals surface area contributed by atoms with E-state index in [1.807, 2.05) is 44.2 Å². The molecule has 0 amide bonds. The lowest BCUT2D eigenvalue weighted by atomic mass is 9.86. The molecule has 1 unspecified atom stereocenters. The van der Waals surface area contributed by atoms with Crippen molar-refractivity contribution in [2.24, 2.45) is 4.99 Å². The quantitative estimate of drug-likeness (QED) is 0.142. The first-order valence-electron chi connectivity index (χ1n) is 13.1. The molecule has 2 aromatic rings. The van der Waals surface area contributed by atoms with Crippen molar-refractivity contribution in [3.8, 4) is 0 Å². The number of guanidine groups is 1. The molecule has 1 aliphatic rings. The van der Waals surface area contributed by atoms with Gasteiger partial charge in [0.05, 0.1) is 11.3 Å². The van der Waals surface area contributed by atoms with E-state index in [2.05, 4.69) is 28.5 Å². The summed E-state index contributed by atoms with van der Waals surface area (Å²) in [5.74, 6) is -0.268. The van der Waals surface area contributed by atoms with E-state index in [1.165, 1.54) is 11.8 Å². The molecule has 0 fully saturated rings. The normalized spacial score (nSPS) is 18.6. The summed E-state index contributed by atoms with van der Waals surface area (Å²) in [5, 5.41) is 20.3. The highest BCUT2D eigenvalue weighted by atomic mass is 32.2. The van der Waals surface area contributed by atoms with Crippen LogP contribution in [0.1, 0.15) is 69.4 Å². The maximum absolute atomic E-state index is 11.6. The number of aliphatic imine (C=N–C) groups is 1. The monoisotopic (exact) mass is 547 g/mol. The van der Waals surface area contributed by atoms with Crippen LogP contribution in [0.15, 0.2) is 88.3 Å². The van der Waals surface area contributed by atoms with E-state index in [0.29, 0.717) is 16.5 Å². The maximum Gasteiger partial charge on any atom is 0.307 e. The molecule has 0 bridgehead atoms. The minimum Gasteiger partial charge on any atom is -0.481 e. The molecule has 8 heteroatoms. The molecule has 0 saturated carbocycles. The molecule has 39 heavy (non-hydrogen) atoms. The maximum atomic E-state index is 11.6. The van der Waals surface area contributed by atoms with Crippen molar-refractivity contribution < 1.29 is 18.3 Å². The number of carboxylic acids is 1.